The lowest BCUT2D eigenvalue weighted by molar-refractivity contribution is -0.870. The number of aliphatic hydroxyl groups is 1. The molecule has 0 aliphatic heterocycles. The Bertz CT molecular complexity index is 1560. The van der Waals surface area contributed by atoms with E-state index in [0.717, 1.165) is 77.0 Å². The number of unbranched alkanes of at least 4 members (excludes halogenated alkanes) is 30. The number of phosphoric ester groups is 1. The number of carbonyl (C=O) groups is 1. The Morgan fingerprint density at radius 3 is 1.22 bits per heavy atom. The molecule has 0 spiro atoms. The SMILES string of the molecule is CC/C=C\C/C=C\C/C=C\C/C=C\C/C=C\C/C=C\CCCCCCCCCCCCCCCCCCCCCCC(=O)NC(COP(=O)([O-])OCC[N+](C)(C)C)C(O)/C=C/CC/C=C/CCCCCCCCCCC. The summed E-state index contributed by atoms with van der Waals surface area (Å²) in [5.74, 6) is -0.207. The zero-order chi connectivity index (χ0) is 55.6. The van der Waals surface area contributed by atoms with Crippen LogP contribution in [0.2, 0.25) is 0 Å². The Morgan fingerprint density at radius 2 is 0.816 bits per heavy atom. The molecule has 3 atom stereocenters. The van der Waals surface area contributed by atoms with Crippen molar-refractivity contribution in [1.82, 2.24) is 5.32 Å². The first-order valence-corrected chi connectivity index (χ1v) is 33.1. The van der Waals surface area contributed by atoms with Crippen LogP contribution in [0.4, 0.5) is 0 Å². The number of likely N-dealkylation sites (N-methyl/N-ethyl adjacent to an activating group) is 1. The van der Waals surface area contributed by atoms with E-state index in [1.807, 2.05) is 27.2 Å². The predicted molar refractivity (Wildman–Crippen MR) is 329 cm³/mol. The van der Waals surface area contributed by atoms with Gasteiger partial charge in [0.05, 0.1) is 39.9 Å². The molecule has 0 heterocycles. The highest BCUT2D eigenvalue weighted by Gasteiger charge is 2.23. The van der Waals surface area contributed by atoms with Crippen molar-refractivity contribution < 1.29 is 32.9 Å². The third kappa shape index (κ3) is 59.1. The van der Waals surface area contributed by atoms with Gasteiger partial charge in [-0.15, -0.1) is 0 Å². The van der Waals surface area contributed by atoms with Crippen LogP contribution in [0.25, 0.3) is 0 Å². The fraction of sp³-hybridized carbons (Fsp3) is 0.746. The maximum Gasteiger partial charge on any atom is 0.268 e. The third-order valence-corrected chi connectivity index (χ3v) is 14.7. The van der Waals surface area contributed by atoms with E-state index in [1.165, 1.54) is 173 Å². The monoisotopic (exact) mass is 1080 g/mol. The van der Waals surface area contributed by atoms with Crippen molar-refractivity contribution in [3.05, 3.63) is 97.2 Å². The number of aliphatic hydroxyl groups excluding tert-OH is 1. The molecular weight excluding hydrogens is 960 g/mol. The molecule has 1 amide bonds. The number of rotatable bonds is 57. The van der Waals surface area contributed by atoms with Crippen LogP contribution in [0.3, 0.4) is 0 Å². The first-order valence-electron chi connectivity index (χ1n) is 31.6. The van der Waals surface area contributed by atoms with Crippen LogP contribution in [-0.2, 0) is 18.4 Å². The quantitative estimate of drug-likeness (QED) is 0.0272. The Kier molecular flexibility index (Phi) is 55.2. The fourth-order valence-electron chi connectivity index (χ4n) is 8.88. The van der Waals surface area contributed by atoms with E-state index in [0.29, 0.717) is 17.4 Å². The molecule has 0 bridgehead atoms. The molecule has 0 aromatic carbocycles. The maximum atomic E-state index is 13.0. The largest absolute Gasteiger partial charge is 0.756 e. The van der Waals surface area contributed by atoms with Crippen LogP contribution in [0.5, 0.6) is 0 Å². The summed E-state index contributed by atoms with van der Waals surface area (Å²) in [6.45, 7) is 4.52. The standard InChI is InChI=1S/C67H121N2O6P/c1-6-8-10-12-14-16-18-20-22-23-24-25-26-27-28-29-30-31-32-33-34-35-36-37-38-39-40-41-42-43-44-45-47-49-51-53-55-57-59-61-67(71)68-65(64-75-76(72,73)74-63-62-69(3,4)5)66(70)60-58-56-54-52-50-48-46-21-19-17-15-13-11-9-7-2/h8,10,14,16,20,22,24-25,27-28,30-31,50,52,58,60,65-66,70H,6-7,9,11-13,15,17-19,21,23,26,29,32-49,51,53-57,59,61-64H2,1-5H3,(H-,68,71,72,73)/b10-8-,16-14-,22-20-,25-24-,28-27-,31-30-,52-50+,60-58+. The lowest BCUT2D eigenvalue weighted by Crippen LogP contribution is -2.45. The van der Waals surface area contributed by atoms with E-state index in [-0.39, 0.29) is 12.5 Å². The lowest BCUT2D eigenvalue weighted by atomic mass is 10.0. The number of hydrogen-bond acceptors (Lipinski definition) is 6. The van der Waals surface area contributed by atoms with E-state index in [9.17, 15) is 19.4 Å². The third-order valence-electron chi connectivity index (χ3n) is 13.8. The van der Waals surface area contributed by atoms with Crippen molar-refractivity contribution >= 4 is 13.7 Å². The Morgan fingerprint density at radius 1 is 0.474 bits per heavy atom. The molecule has 0 radical (unpaired) electrons. The Hall–Kier alpha value is -2.58. The van der Waals surface area contributed by atoms with E-state index < -0.39 is 26.6 Å². The summed E-state index contributed by atoms with van der Waals surface area (Å²) >= 11 is 0. The van der Waals surface area contributed by atoms with Crippen molar-refractivity contribution in [2.75, 3.05) is 40.9 Å². The smallest absolute Gasteiger partial charge is 0.268 e. The number of phosphoric acid groups is 1. The molecule has 440 valence electrons. The average Bonchev–Trinajstić information content (AvgIpc) is 3.38. The van der Waals surface area contributed by atoms with Gasteiger partial charge in [0.2, 0.25) is 5.91 Å². The second kappa shape index (κ2) is 57.1. The topological polar surface area (TPSA) is 108 Å². The van der Waals surface area contributed by atoms with Gasteiger partial charge in [0.25, 0.3) is 7.82 Å². The van der Waals surface area contributed by atoms with E-state index in [4.69, 9.17) is 9.05 Å². The molecule has 2 N–H and O–H groups in total. The number of quaternary nitrogens is 1. The van der Waals surface area contributed by atoms with E-state index in [2.05, 4.69) is 104 Å². The summed E-state index contributed by atoms with van der Waals surface area (Å²) in [6, 6.07) is -0.906. The number of amides is 1. The predicted octanol–water partition coefficient (Wildman–Crippen LogP) is 19.1. The molecule has 0 saturated heterocycles. The second-order valence-electron chi connectivity index (χ2n) is 22.4. The van der Waals surface area contributed by atoms with Gasteiger partial charge in [-0.1, -0.05) is 278 Å². The van der Waals surface area contributed by atoms with Gasteiger partial charge in [0.1, 0.15) is 13.2 Å². The summed E-state index contributed by atoms with van der Waals surface area (Å²) in [6.07, 6.45) is 82.3. The molecule has 0 fully saturated rings. The number of nitrogens with one attached hydrogen (secondary N) is 1. The molecular formula is C67H121N2O6P. The summed E-state index contributed by atoms with van der Waals surface area (Å²) < 4.78 is 23.3. The maximum absolute atomic E-state index is 13.0. The molecule has 76 heavy (non-hydrogen) atoms. The summed E-state index contributed by atoms with van der Waals surface area (Å²) in [7, 11) is 1.24. The Labute approximate surface area is 470 Å². The van der Waals surface area contributed by atoms with E-state index in [1.54, 1.807) is 6.08 Å². The van der Waals surface area contributed by atoms with Gasteiger partial charge in [-0.25, -0.2) is 0 Å². The van der Waals surface area contributed by atoms with Crippen molar-refractivity contribution in [2.24, 2.45) is 0 Å². The van der Waals surface area contributed by atoms with Gasteiger partial charge in [-0.05, 0) is 83.5 Å². The molecule has 0 rings (SSSR count). The van der Waals surface area contributed by atoms with Crippen LogP contribution in [0.1, 0.15) is 271 Å². The molecule has 9 heteroatoms. The number of allylic oxidation sites excluding steroid dienone is 15. The summed E-state index contributed by atoms with van der Waals surface area (Å²) in [5.41, 5.74) is 0. The molecule has 0 aromatic rings. The second-order valence-corrected chi connectivity index (χ2v) is 23.8. The van der Waals surface area contributed by atoms with Crippen LogP contribution in [0.15, 0.2) is 97.2 Å². The van der Waals surface area contributed by atoms with Gasteiger partial charge in [0, 0.05) is 6.42 Å². The molecule has 3 unspecified atom stereocenters. The average molecular weight is 1080 g/mol. The highest BCUT2D eigenvalue weighted by molar-refractivity contribution is 7.45. The minimum atomic E-state index is -4.61. The van der Waals surface area contributed by atoms with Gasteiger partial charge < -0.3 is 28.8 Å². The van der Waals surface area contributed by atoms with Gasteiger partial charge in [-0.2, -0.15) is 0 Å². The van der Waals surface area contributed by atoms with Crippen LogP contribution >= 0.6 is 7.82 Å². The number of nitrogens with zero attached hydrogens (tertiary/aromatic N) is 1. The first-order chi connectivity index (χ1) is 37.0. The van der Waals surface area contributed by atoms with Crippen LogP contribution in [-0.4, -0.2) is 68.5 Å². The van der Waals surface area contributed by atoms with Crippen molar-refractivity contribution in [3.63, 3.8) is 0 Å². The zero-order valence-electron chi connectivity index (χ0n) is 50.2. The number of hydrogen-bond donors (Lipinski definition) is 2. The van der Waals surface area contributed by atoms with Gasteiger partial charge in [0.15, 0.2) is 0 Å². The molecule has 0 aliphatic carbocycles. The minimum absolute atomic E-state index is 0.00794. The van der Waals surface area contributed by atoms with Gasteiger partial charge in [-0.3, -0.25) is 9.36 Å². The van der Waals surface area contributed by atoms with Crippen molar-refractivity contribution in [2.45, 2.75) is 283 Å². The summed E-state index contributed by atoms with van der Waals surface area (Å²) in [5, 5.41) is 13.9. The zero-order valence-corrected chi connectivity index (χ0v) is 51.1. The molecule has 0 aliphatic rings. The Balaban J connectivity index is 3.99. The van der Waals surface area contributed by atoms with Crippen LogP contribution < -0.4 is 10.2 Å². The van der Waals surface area contributed by atoms with Gasteiger partial charge >= 0.3 is 0 Å². The molecule has 8 nitrogen and oxygen atoms in total. The first kappa shape index (κ1) is 73.4. The summed E-state index contributed by atoms with van der Waals surface area (Å²) in [4.78, 5) is 25.5. The number of carbonyl (C=O) groups excluding carboxylic acids is 1. The lowest BCUT2D eigenvalue weighted by Gasteiger charge is -2.29. The highest BCUT2D eigenvalue weighted by Crippen LogP contribution is 2.38. The fourth-order valence-corrected chi connectivity index (χ4v) is 9.60. The van der Waals surface area contributed by atoms with Crippen molar-refractivity contribution in [1.29, 1.82) is 0 Å². The van der Waals surface area contributed by atoms with E-state index >= 15 is 0 Å². The molecule has 0 saturated carbocycles. The minimum Gasteiger partial charge on any atom is -0.756 e. The molecule has 0 aromatic heterocycles. The highest BCUT2D eigenvalue weighted by atomic mass is 31.2. The normalized spacial score (nSPS) is 14.5. The van der Waals surface area contributed by atoms with Crippen molar-refractivity contribution in [3.8, 4) is 0 Å². The van der Waals surface area contributed by atoms with Crippen LogP contribution in [0, 0.1) is 0 Å².